The van der Waals surface area contributed by atoms with E-state index in [1.54, 1.807) is 18.3 Å². The van der Waals surface area contributed by atoms with Crippen LogP contribution in [0.1, 0.15) is 42.0 Å². The largest absolute Gasteiger partial charge is 0.269 e. The van der Waals surface area contributed by atoms with Crippen LogP contribution in [0.15, 0.2) is 71.8 Å². The molecule has 0 bridgehead atoms. The van der Waals surface area contributed by atoms with Gasteiger partial charge in [-0.25, -0.2) is 4.98 Å². The second-order valence-electron chi connectivity index (χ2n) is 8.51. The van der Waals surface area contributed by atoms with Crippen molar-refractivity contribution in [2.75, 3.05) is 5.43 Å². The first-order chi connectivity index (χ1) is 16.3. The van der Waals surface area contributed by atoms with E-state index in [0.717, 1.165) is 32.8 Å². The van der Waals surface area contributed by atoms with E-state index in [2.05, 4.69) is 68.6 Å². The van der Waals surface area contributed by atoms with Crippen molar-refractivity contribution < 1.29 is 4.92 Å². The number of rotatable bonds is 7. The molecule has 0 aliphatic carbocycles. The van der Waals surface area contributed by atoms with Crippen LogP contribution in [0.5, 0.6) is 0 Å². The van der Waals surface area contributed by atoms with Gasteiger partial charge in [0.05, 0.1) is 21.7 Å². The zero-order valence-corrected chi connectivity index (χ0v) is 20.4. The number of hydrogen-bond donors (Lipinski definition) is 1. The molecule has 0 aliphatic heterocycles. The molecule has 4 rings (SSSR count). The Morgan fingerprint density at radius 1 is 1.03 bits per heavy atom. The van der Waals surface area contributed by atoms with E-state index in [4.69, 9.17) is 4.98 Å². The lowest BCUT2D eigenvalue weighted by atomic mass is 10.0. The molecule has 1 N–H and O–H groups in total. The van der Waals surface area contributed by atoms with Gasteiger partial charge >= 0.3 is 0 Å². The molecule has 1 aromatic heterocycles. The van der Waals surface area contributed by atoms with Gasteiger partial charge in [-0.2, -0.15) is 5.10 Å². The number of nitro benzene ring substituents is 1. The van der Waals surface area contributed by atoms with E-state index >= 15 is 0 Å². The number of non-ortho nitro benzene ring substituents is 1. The van der Waals surface area contributed by atoms with Gasteiger partial charge < -0.3 is 0 Å². The zero-order valence-electron chi connectivity index (χ0n) is 19.6. The Balaban J connectivity index is 1.66. The fourth-order valence-corrected chi connectivity index (χ4v) is 4.62. The number of thiazole rings is 1. The lowest BCUT2D eigenvalue weighted by Gasteiger charge is -2.07. The minimum Gasteiger partial charge on any atom is -0.258 e. The minimum absolute atomic E-state index is 0.0627. The van der Waals surface area contributed by atoms with Crippen molar-refractivity contribution in [2.45, 2.75) is 33.6 Å². The highest BCUT2D eigenvalue weighted by Gasteiger charge is 2.17. The topological polar surface area (TPSA) is 80.4 Å². The third-order valence-corrected chi connectivity index (χ3v) is 6.59. The van der Waals surface area contributed by atoms with E-state index in [1.807, 2.05) is 12.1 Å². The molecule has 0 fully saturated rings. The summed E-state index contributed by atoms with van der Waals surface area (Å²) in [5, 5.41) is 16.1. The van der Waals surface area contributed by atoms with E-state index < -0.39 is 4.92 Å². The molecule has 0 radical (unpaired) electrons. The van der Waals surface area contributed by atoms with Crippen LogP contribution in [0.3, 0.4) is 0 Å². The molecule has 0 amide bonds. The molecule has 0 saturated heterocycles. The summed E-state index contributed by atoms with van der Waals surface area (Å²) < 4.78 is 0. The third kappa shape index (κ3) is 5.21. The van der Waals surface area contributed by atoms with Crippen LogP contribution >= 0.6 is 11.3 Å². The Morgan fingerprint density at radius 3 is 2.35 bits per heavy atom. The van der Waals surface area contributed by atoms with Gasteiger partial charge in [0.25, 0.3) is 5.69 Å². The summed E-state index contributed by atoms with van der Waals surface area (Å²) in [7, 11) is 0. The van der Waals surface area contributed by atoms with Crippen molar-refractivity contribution in [1.82, 2.24) is 4.98 Å². The van der Waals surface area contributed by atoms with Crippen molar-refractivity contribution in [3.63, 3.8) is 0 Å². The lowest BCUT2D eigenvalue weighted by Crippen LogP contribution is -1.92. The first-order valence-corrected chi connectivity index (χ1v) is 11.9. The van der Waals surface area contributed by atoms with Crippen LogP contribution in [0, 0.1) is 24.0 Å². The summed E-state index contributed by atoms with van der Waals surface area (Å²) in [6.45, 7) is 8.46. The molecule has 4 aromatic rings. The molecule has 0 atom stereocenters. The van der Waals surface area contributed by atoms with Crippen molar-refractivity contribution >= 4 is 28.4 Å². The Hall–Kier alpha value is -3.84. The molecule has 7 heteroatoms. The second kappa shape index (κ2) is 9.97. The van der Waals surface area contributed by atoms with Gasteiger partial charge in [-0.3, -0.25) is 15.5 Å². The highest BCUT2D eigenvalue weighted by Crippen LogP contribution is 2.40. The number of aryl methyl sites for hydroxylation is 2. The number of aromatic nitrogens is 1. The Labute approximate surface area is 203 Å². The fraction of sp³-hybridized carbons (Fsp3) is 0.185. The van der Waals surface area contributed by atoms with Crippen LogP contribution in [-0.2, 0) is 0 Å². The Kier molecular flexibility index (Phi) is 6.84. The highest BCUT2D eigenvalue weighted by molar-refractivity contribution is 7.19. The quantitative estimate of drug-likeness (QED) is 0.172. The SMILES string of the molecule is Cc1ccc(-c2nc(N/N=C\c3ccc(C(C)C)cc3)sc2-c2ccc([N+](=O)[O-])cc2)c(C)c1. The number of nitro groups is 1. The second-order valence-corrected chi connectivity index (χ2v) is 9.51. The van der Waals surface area contributed by atoms with Gasteiger partial charge in [0.1, 0.15) is 0 Å². The first-order valence-electron chi connectivity index (χ1n) is 11.0. The smallest absolute Gasteiger partial charge is 0.258 e. The molecular formula is C27H26N4O2S. The maximum Gasteiger partial charge on any atom is 0.269 e. The number of nitrogens with zero attached hydrogens (tertiary/aromatic N) is 3. The molecule has 172 valence electrons. The average molecular weight is 471 g/mol. The van der Waals surface area contributed by atoms with Gasteiger partial charge in [0.2, 0.25) is 5.13 Å². The Morgan fingerprint density at radius 2 is 1.74 bits per heavy atom. The van der Waals surface area contributed by atoms with E-state index in [0.29, 0.717) is 11.0 Å². The summed E-state index contributed by atoms with van der Waals surface area (Å²) >= 11 is 1.47. The summed E-state index contributed by atoms with van der Waals surface area (Å²) in [6, 6.07) is 21.1. The van der Waals surface area contributed by atoms with E-state index in [1.165, 1.54) is 34.6 Å². The van der Waals surface area contributed by atoms with Crippen LogP contribution < -0.4 is 5.43 Å². The number of nitrogens with one attached hydrogen (secondary N) is 1. The predicted molar refractivity (Wildman–Crippen MR) is 141 cm³/mol. The maximum atomic E-state index is 11.1. The monoisotopic (exact) mass is 470 g/mol. The minimum atomic E-state index is -0.392. The van der Waals surface area contributed by atoms with Crippen molar-refractivity contribution in [3.8, 4) is 21.7 Å². The van der Waals surface area contributed by atoms with Crippen LogP contribution in [0.2, 0.25) is 0 Å². The molecule has 3 aromatic carbocycles. The molecule has 0 aliphatic rings. The normalized spacial score (nSPS) is 11.3. The van der Waals surface area contributed by atoms with Crippen LogP contribution in [0.25, 0.3) is 21.7 Å². The number of benzene rings is 3. The molecule has 6 nitrogen and oxygen atoms in total. The molecular weight excluding hydrogens is 444 g/mol. The van der Waals surface area contributed by atoms with Gasteiger partial charge in [0.15, 0.2) is 0 Å². The summed E-state index contributed by atoms with van der Waals surface area (Å²) in [6.07, 6.45) is 1.77. The third-order valence-electron chi connectivity index (χ3n) is 5.58. The van der Waals surface area contributed by atoms with Crippen LogP contribution in [-0.4, -0.2) is 16.1 Å². The summed E-state index contributed by atoms with van der Waals surface area (Å²) in [4.78, 5) is 16.4. The van der Waals surface area contributed by atoms with E-state index in [9.17, 15) is 10.1 Å². The Bertz CT molecular complexity index is 1340. The van der Waals surface area contributed by atoms with Crippen molar-refractivity contribution in [1.29, 1.82) is 0 Å². The molecule has 34 heavy (non-hydrogen) atoms. The maximum absolute atomic E-state index is 11.1. The van der Waals surface area contributed by atoms with Gasteiger partial charge in [-0.05, 0) is 54.2 Å². The average Bonchev–Trinajstić information content (AvgIpc) is 3.23. The molecule has 0 spiro atoms. The number of hydrogen-bond acceptors (Lipinski definition) is 6. The fourth-order valence-electron chi connectivity index (χ4n) is 3.69. The lowest BCUT2D eigenvalue weighted by molar-refractivity contribution is -0.384. The highest BCUT2D eigenvalue weighted by atomic mass is 32.1. The predicted octanol–water partition coefficient (Wildman–Crippen LogP) is 7.57. The van der Waals surface area contributed by atoms with E-state index in [-0.39, 0.29) is 5.69 Å². The standard InChI is InChI=1S/C27H26N4O2S/c1-17(2)21-8-6-20(7-9-21)16-28-30-27-29-25(24-14-5-18(3)15-19(24)4)26(34-27)22-10-12-23(13-11-22)31(32)33/h5-17H,1-4H3,(H,29,30)/b28-16-. The number of hydrazone groups is 1. The molecule has 1 heterocycles. The summed E-state index contributed by atoms with van der Waals surface area (Å²) in [5.74, 6) is 0.487. The van der Waals surface area contributed by atoms with Crippen molar-refractivity contribution in [2.24, 2.45) is 5.10 Å². The van der Waals surface area contributed by atoms with Gasteiger partial charge in [0, 0.05) is 17.7 Å². The molecule has 0 saturated carbocycles. The molecule has 0 unspecified atom stereocenters. The first kappa shape index (κ1) is 23.3. The van der Waals surface area contributed by atoms with Gasteiger partial charge in [-0.1, -0.05) is 73.2 Å². The number of anilines is 1. The summed E-state index contributed by atoms with van der Waals surface area (Å²) in [5.41, 5.74) is 10.4. The van der Waals surface area contributed by atoms with Gasteiger partial charge in [-0.15, -0.1) is 0 Å². The zero-order chi connectivity index (χ0) is 24.2. The van der Waals surface area contributed by atoms with Crippen LogP contribution in [0.4, 0.5) is 10.8 Å². The van der Waals surface area contributed by atoms with Crippen molar-refractivity contribution in [3.05, 3.63) is 99.1 Å².